The Labute approximate surface area is 305 Å². The fourth-order valence-electron chi connectivity index (χ4n) is 7.70. The van der Waals surface area contributed by atoms with Crippen molar-refractivity contribution in [2.24, 2.45) is 16.7 Å². The number of nitrogens with one attached hydrogen (secondary N) is 2. The molecule has 0 unspecified atom stereocenters. The lowest BCUT2D eigenvalue weighted by Gasteiger charge is -2.35. The maximum atomic E-state index is 12.9. The van der Waals surface area contributed by atoms with Crippen LogP contribution in [0.3, 0.4) is 0 Å². The Morgan fingerprint density at radius 2 is 1.77 bits per heavy atom. The van der Waals surface area contributed by atoms with Gasteiger partial charge in [0.25, 0.3) is 16.0 Å². The van der Waals surface area contributed by atoms with Gasteiger partial charge in [-0.2, -0.15) is 8.42 Å². The number of carbonyl (C=O) groups is 2. The van der Waals surface area contributed by atoms with Gasteiger partial charge in [-0.3, -0.25) is 24.0 Å². The molecule has 3 fully saturated rings. The molecule has 12 nitrogen and oxygen atoms in total. The minimum absolute atomic E-state index is 0.0152. The van der Waals surface area contributed by atoms with Crippen molar-refractivity contribution in [2.45, 2.75) is 46.6 Å². The topological polar surface area (TPSA) is 158 Å². The normalized spacial score (nSPS) is 21.3. The first-order valence-electron chi connectivity index (χ1n) is 17.6. The van der Waals surface area contributed by atoms with E-state index in [1.165, 1.54) is 5.56 Å². The lowest BCUT2D eigenvalue weighted by Crippen LogP contribution is -2.43. The van der Waals surface area contributed by atoms with Crippen molar-refractivity contribution in [1.29, 1.82) is 0 Å². The van der Waals surface area contributed by atoms with Gasteiger partial charge >= 0.3 is 0 Å². The molecule has 2 aliphatic carbocycles. The van der Waals surface area contributed by atoms with Crippen LogP contribution in [-0.2, 0) is 21.5 Å². The van der Waals surface area contributed by atoms with Gasteiger partial charge in [-0.15, -0.1) is 0 Å². The third kappa shape index (κ3) is 8.39. The molecule has 274 valence electrons. The average Bonchev–Trinajstić information content (AvgIpc) is 3.45. The van der Waals surface area contributed by atoms with Crippen LogP contribution in [-0.4, -0.2) is 88.4 Å². The minimum atomic E-state index is -4.08. The molecule has 0 radical (unpaired) electrons. The fraction of sp³-hybridized carbons (Fsp3) is 0.410. The van der Waals surface area contributed by atoms with Crippen LogP contribution in [0.2, 0.25) is 0 Å². The van der Waals surface area contributed by atoms with Crippen molar-refractivity contribution >= 4 is 39.1 Å². The summed E-state index contributed by atoms with van der Waals surface area (Å²) in [5, 5.41) is 6.29. The van der Waals surface area contributed by atoms with Gasteiger partial charge in [-0.1, -0.05) is 32.0 Å². The van der Waals surface area contributed by atoms with E-state index in [2.05, 4.69) is 42.4 Å². The van der Waals surface area contributed by atoms with Crippen molar-refractivity contribution in [1.82, 2.24) is 24.8 Å². The number of hydrogen-bond donors (Lipinski definition) is 3. The van der Waals surface area contributed by atoms with Gasteiger partial charge in [0.05, 0.1) is 16.9 Å². The number of rotatable bonds is 9. The highest BCUT2D eigenvalue weighted by Gasteiger charge is 2.65. The number of fused-ring (bicyclic) bond motifs is 2. The molecule has 2 atom stereocenters. The largest absolute Gasteiger partial charge is 0.324 e. The summed E-state index contributed by atoms with van der Waals surface area (Å²) in [6, 6.07) is 19.3. The number of amides is 1. The Hall–Kier alpha value is -4.56. The van der Waals surface area contributed by atoms with E-state index >= 15 is 0 Å². The number of Topliss-reactive ketones (excluding diaryl/α,β-unsaturated/α-hetero) is 1. The summed E-state index contributed by atoms with van der Waals surface area (Å²) < 4.78 is 31.0. The van der Waals surface area contributed by atoms with Crippen LogP contribution in [0, 0.1) is 23.7 Å². The second kappa shape index (κ2) is 15.2. The molecule has 1 aliphatic heterocycles. The first-order valence-corrected chi connectivity index (χ1v) is 19.2. The molecule has 0 spiro atoms. The van der Waals surface area contributed by atoms with Crippen molar-refractivity contribution in [2.75, 3.05) is 49.6 Å². The summed E-state index contributed by atoms with van der Waals surface area (Å²) in [6.07, 6.45) is 7.19. The van der Waals surface area contributed by atoms with Gasteiger partial charge in [0, 0.05) is 80.2 Å². The predicted molar refractivity (Wildman–Crippen MR) is 202 cm³/mol. The number of nitrogens with zero attached hydrogens (tertiary/aromatic N) is 5. The third-order valence-electron chi connectivity index (χ3n) is 11.1. The smallest absolute Gasteiger partial charge is 0.265 e. The molecule has 13 heteroatoms. The van der Waals surface area contributed by atoms with Crippen LogP contribution in [0.1, 0.15) is 54.6 Å². The lowest BCUT2D eigenvalue weighted by atomic mass is 9.70. The molecule has 3 N–H and O–H groups in total. The molecular weight excluding hydrogens is 679 g/mol. The summed E-state index contributed by atoms with van der Waals surface area (Å²) >= 11 is 0. The highest BCUT2D eigenvalue weighted by molar-refractivity contribution is 7.85. The van der Waals surface area contributed by atoms with Gasteiger partial charge < -0.3 is 15.5 Å². The van der Waals surface area contributed by atoms with E-state index in [0.29, 0.717) is 30.0 Å². The van der Waals surface area contributed by atoms with E-state index < -0.39 is 21.3 Å². The van der Waals surface area contributed by atoms with Gasteiger partial charge in [0.1, 0.15) is 5.78 Å². The Morgan fingerprint density at radius 1 is 1.02 bits per heavy atom. The molecule has 3 heterocycles. The number of carbonyl (C=O) groups excluding carboxylic acids is 2. The SMILES string of the molecule is CC1(C)[C@H]2CC[C@]1(CS(=O)(=O)O)C(=O)C2.Cc1ccc(NC(=O)c2ccc(CN3CCN(C)CC3)cc2)cc1Nc1nccc(-c2cccnc2)n1. The monoisotopic (exact) mass is 725 g/mol. The highest BCUT2D eigenvalue weighted by atomic mass is 32.2. The zero-order valence-electron chi connectivity index (χ0n) is 30.2. The maximum Gasteiger partial charge on any atom is 0.265 e. The first kappa shape index (κ1) is 37.2. The Bertz CT molecular complexity index is 2020. The summed E-state index contributed by atoms with van der Waals surface area (Å²) in [6.45, 7) is 11.1. The standard InChI is InChI=1S/C29H31N7O.C10H16O4S/c1-21-5-10-25(18-27(21)34-29-31-13-11-26(33-29)24-4-3-12-30-19-24)32-28(37)23-8-6-22(7-9-23)20-36-16-14-35(2)15-17-36;1-9(2)7-3-4-10(9,8(11)5-7)6-15(12,13)14/h3-13,18-19H,14-17,20H2,1-2H3,(H,32,37)(H,31,33,34);7H,3-6H2,1-2H3,(H,12,13,14)/t;7-,10-/m.0/s1. The molecule has 1 amide bonds. The zero-order chi connectivity index (χ0) is 37.1. The number of ketones is 1. The van der Waals surface area contributed by atoms with E-state index in [0.717, 1.165) is 61.7 Å². The lowest BCUT2D eigenvalue weighted by molar-refractivity contribution is -0.128. The molecule has 3 aliphatic rings. The van der Waals surface area contributed by atoms with Crippen LogP contribution in [0.25, 0.3) is 11.3 Å². The van der Waals surface area contributed by atoms with E-state index in [1.807, 2.05) is 81.4 Å². The zero-order valence-corrected chi connectivity index (χ0v) is 31.0. The van der Waals surface area contributed by atoms with Gasteiger partial charge in [-0.05, 0) is 91.7 Å². The maximum absolute atomic E-state index is 12.9. The molecule has 2 bridgehead atoms. The average molecular weight is 726 g/mol. The van der Waals surface area contributed by atoms with Crippen molar-refractivity contribution < 1.29 is 22.6 Å². The van der Waals surface area contributed by atoms with Gasteiger partial charge in [-0.25, -0.2) is 9.97 Å². The number of pyridine rings is 1. The molecule has 2 saturated carbocycles. The number of piperazine rings is 1. The molecule has 7 rings (SSSR count). The predicted octanol–water partition coefficient (Wildman–Crippen LogP) is 5.86. The molecule has 1 saturated heterocycles. The number of hydrogen-bond acceptors (Lipinski definition) is 10. The minimum Gasteiger partial charge on any atom is -0.324 e. The summed E-state index contributed by atoms with van der Waals surface area (Å²) in [7, 11) is -1.92. The third-order valence-corrected chi connectivity index (χ3v) is 12.0. The van der Waals surface area contributed by atoms with E-state index in [9.17, 15) is 18.0 Å². The molecule has 2 aromatic heterocycles. The van der Waals surface area contributed by atoms with Crippen molar-refractivity contribution in [3.05, 3.63) is 95.9 Å². The van der Waals surface area contributed by atoms with Crippen LogP contribution in [0.5, 0.6) is 0 Å². The van der Waals surface area contributed by atoms with Crippen LogP contribution < -0.4 is 10.6 Å². The molecule has 4 aromatic rings. The number of aromatic nitrogens is 3. The van der Waals surface area contributed by atoms with E-state index in [1.54, 1.807) is 18.6 Å². The second-order valence-corrected chi connectivity index (χ2v) is 16.2. The van der Waals surface area contributed by atoms with Gasteiger partial charge in [0.15, 0.2) is 0 Å². The Morgan fingerprint density at radius 3 is 2.40 bits per heavy atom. The molecule has 2 aromatic carbocycles. The van der Waals surface area contributed by atoms with Crippen LogP contribution >= 0.6 is 0 Å². The number of aryl methyl sites for hydroxylation is 1. The second-order valence-electron chi connectivity index (χ2n) is 14.8. The van der Waals surface area contributed by atoms with Crippen LogP contribution in [0.4, 0.5) is 17.3 Å². The summed E-state index contributed by atoms with van der Waals surface area (Å²) in [5.74, 6) is 0.232. The number of likely N-dealkylation sites (N-methyl/N-ethyl adjacent to an activating group) is 1. The molecular formula is C39H47N7O5S. The van der Waals surface area contributed by atoms with Crippen LogP contribution in [0.15, 0.2) is 79.3 Å². The van der Waals surface area contributed by atoms with E-state index in [4.69, 9.17) is 4.55 Å². The first-order chi connectivity index (χ1) is 24.7. The number of benzene rings is 2. The highest BCUT2D eigenvalue weighted by Crippen LogP contribution is 2.64. The molecule has 52 heavy (non-hydrogen) atoms. The van der Waals surface area contributed by atoms with Crippen molar-refractivity contribution in [3.8, 4) is 11.3 Å². The quantitative estimate of drug-likeness (QED) is 0.178. The summed E-state index contributed by atoms with van der Waals surface area (Å²) in [5.41, 5.74) is 4.96. The summed E-state index contributed by atoms with van der Waals surface area (Å²) in [4.78, 5) is 42.7. The van der Waals surface area contributed by atoms with Crippen molar-refractivity contribution in [3.63, 3.8) is 0 Å². The van der Waals surface area contributed by atoms with Gasteiger partial charge in [0.2, 0.25) is 5.95 Å². The Kier molecular flexibility index (Phi) is 10.9. The number of anilines is 3. The van der Waals surface area contributed by atoms with E-state index in [-0.39, 0.29) is 23.0 Å². The Balaban J connectivity index is 0.000000258. The fourth-order valence-corrected chi connectivity index (χ4v) is 9.00.